The van der Waals surface area contributed by atoms with Gasteiger partial charge in [-0.2, -0.15) is 0 Å². The van der Waals surface area contributed by atoms with Gasteiger partial charge in [0.15, 0.2) is 5.60 Å². The lowest BCUT2D eigenvalue weighted by Crippen LogP contribution is -2.48. The molecular formula is C16H25FN2O2. The second kappa shape index (κ2) is 7.98. The average molecular weight is 296 g/mol. The van der Waals surface area contributed by atoms with Gasteiger partial charge in [-0.25, -0.2) is 4.39 Å². The molecule has 5 heteroatoms. The number of rotatable bonds is 8. The number of carbonyl (C=O) groups excluding carboxylic acids is 1. The van der Waals surface area contributed by atoms with E-state index in [-0.39, 0.29) is 11.7 Å². The number of hydrogen-bond donors (Lipinski definition) is 1. The maximum atomic E-state index is 12.8. The molecule has 1 aromatic carbocycles. The Balaban J connectivity index is 2.49. The van der Waals surface area contributed by atoms with Crippen LogP contribution in [0.25, 0.3) is 0 Å². The van der Waals surface area contributed by atoms with E-state index in [9.17, 15) is 9.18 Å². The molecule has 1 aromatic rings. The zero-order valence-corrected chi connectivity index (χ0v) is 13.3. The molecule has 1 amide bonds. The summed E-state index contributed by atoms with van der Waals surface area (Å²) in [5.74, 6) is -0.0388. The third kappa shape index (κ3) is 5.71. The number of likely N-dealkylation sites (N-methyl/N-ethyl adjacent to an activating group) is 1. The fourth-order valence-corrected chi connectivity index (χ4v) is 1.92. The standard InChI is InChI=1S/C16H25FN2O2/c1-5-19(6-2)12-11-18-15(20)16(3,4)21-14-9-7-13(17)8-10-14/h7-10H,5-6,11-12H2,1-4H3,(H,18,20). The molecule has 0 aromatic heterocycles. The van der Waals surface area contributed by atoms with E-state index in [1.165, 1.54) is 24.3 Å². The molecule has 0 aliphatic heterocycles. The number of benzene rings is 1. The highest BCUT2D eigenvalue weighted by atomic mass is 19.1. The van der Waals surface area contributed by atoms with Gasteiger partial charge < -0.3 is 15.0 Å². The number of nitrogens with zero attached hydrogens (tertiary/aromatic N) is 1. The highest BCUT2D eigenvalue weighted by Gasteiger charge is 2.29. The van der Waals surface area contributed by atoms with Crippen LogP contribution in [0, 0.1) is 5.82 Å². The monoisotopic (exact) mass is 296 g/mol. The van der Waals surface area contributed by atoms with Crippen LogP contribution in [-0.4, -0.2) is 42.6 Å². The summed E-state index contributed by atoms with van der Waals surface area (Å²) in [7, 11) is 0. The van der Waals surface area contributed by atoms with Crippen LogP contribution in [0.4, 0.5) is 4.39 Å². The van der Waals surface area contributed by atoms with Gasteiger partial charge in [-0.3, -0.25) is 4.79 Å². The lowest BCUT2D eigenvalue weighted by atomic mass is 10.1. The third-order valence-electron chi connectivity index (χ3n) is 3.34. The van der Waals surface area contributed by atoms with E-state index < -0.39 is 5.60 Å². The maximum Gasteiger partial charge on any atom is 0.263 e. The molecule has 1 rings (SSSR count). The summed E-state index contributed by atoms with van der Waals surface area (Å²) in [6.45, 7) is 10.9. The van der Waals surface area contributed by atoms with E-state index in [2.05, 4.69) is 24.1 Å². The Kier molecular flexibility index (Phi) is 6.62. The van der Waals surface area contributed by atoms with Gasteiger partial charge in [0.1, 0.15) is 11.6 Å². The number of amides is 1. The normalized spacial score (nSPS) is 11.5. The Labute approximate surface area is 126 Å². The first-order valence-electron chi connectivity index (χ1n) is 7.34. The smallest absolute Gasteiger partial charge is 0.263 e. The van der Waals surface area contributed by atoms with Crippen molar-refractivity contribution >= 4 is 5.91 Å². The molecule has 0 saturated carbocycles. The van der Waals surface area contributed by atoms with Crippen molar-refractivity contribution in [3.63, 3.8) is 0 Å². The summed E-state index contributed by atoms with van der Waals surface area (Å²) in [5.41, 5.74) is -0.999. The summed E-state index contributed by atoms with van der Waals surface area (Å²) in [6, 6.07) is 5.65. The van der Waals surface area contributed by atoms with E-state index in [0.717, 1.165) is 19.6 Å². The van der Waals surface area contributed by atoms with Gasteiger partial charge in [0, 0.05) is 13.1 Å². The summed E-state index contributed by atoms with van der Waals surface area (Å²) < 4.78 is 18.5. The zero-order chi connectivity index (χ0) is 15.9. The minimum Gasteiger partial charge on any atom is -0.478 e. The van der Waals surface area contributed by atoms with Crippen molar-refractivity contribution < 1.29 is 13.9 Å². The first-order valence-corrected chi connectivity index (χ1v) is 7.34. The number of nitrogens with one attached hydrogen (secondary N) is 1. The van der Waals surface area contributed by atoms with Crippen LogP contribution in [0.15, 0.2) is 24.3 Å². The number of hydrogen-bond acceptors (Lipinski definition) is 3. The summed E-state index contributed by atoms with van der Waals surface area (Å²) in [6.07, 6.45) is 0. The summed E-state index contributed by atoms with van der Waals surface area (Å²) in [4.78, 5) is 14.4. The molecule has 0 saturated heterocycles. The fraction of sp³-hybridized carbons (Fsp3) is 0.562. The molecule has 0 fully saturated rings. The van der Waals surface area contributed by atoms with Crippen molar-refractivity contribution in [1.29, 1.82) is 0 Å². The molecule has 0 unspecified atom stereocenters. The summed E-state index contributed by atoms with van der Waals surface area (Å²) >= 11 is 0. The fourth-order valence-electron chi connectivity index (χ4n) is 1.92. The van der Waals surface area contributed by atoms with Gasteiger partial charge in [0.25, 0.3) is 5.91 Å². The SMILES string of the molecule is CCN(CC)CCNC(=O)C(C)(C)Oc1ccc(F)cc1. The molecule has 0 spiro atoms. The summed E-state index contributed by atoms with van der Waals surface area (Å²) in [5, 5.41) is 2.87. The highest BCUT2D eigenvalue weighted by molar-refractivity contribution is 5.84. The van der Waals surface area contributed by atoms with Gasteiger partial charge in [-0.1, -0.05) is 13.8 Å². The zero-order valence-electron chi connectivity index (χ0n) is 13.3. The molecular weight excluding hydrogens is 271 g/mol. The van der Waals surface area contributed by atoms with Gasteiger partial charge in [-0.05, 0) is 51.2 Å². The Bertz CT molecular complexity index is 442. The Morgan fingerprint density at radius 3 is 2.33 bits per heavy atom. The average Bonchev–Trinajstić information content (AvgIpc) is 2.45. The number of ether oxygens (including phenoxy) is 1. The third-order valence-corrected chi connectivity index (χ3v) is 3.34. The molecule has 0 atom stereocenters. The second-order valence-corrected chi connectivity index (χ2v) is 5.35. The largest absolute Gasteiger partial charge is 0.478 e. The lowest BCUT2D eigenvalue weighted by Gasteiger charge is -2.26. The van der Waals surface area contributed by atoms with Gasteiger partial charge in [-0.15, -0.1) is 0 Å². The quantitative estimate of drug-likeness (QED) is 0.801. The molecule has 21 heavy (non-hydrogen) atoms. The van der Waals surface area contributed by atoms with Gasteiger partial charge >= 0.3 is 0 Å². The topological polar surface area (TPSA) is 41.6 Å². The van der Waals surface area contributed by atoms with Crippen LogP contribution in [0.5, 0.6) is 5.75 Å². The molecule has 1 N–H and O–H groups in total. The minimum absolute atomic E-state index is 0.181. The van der Waals surface area contributed by atoms with E-state index in [1.54, 1.807) is 13.8 Å². The van der Waals surface area contributed by atoms with Crippen LogP contribution in [0.3, 0.4) is 0 Å². The Hall–Kier alpha value is -1.62. The first kappa shape index (κ1) is 17.4. The van der Waals surface area contributed by atoms with Crippen molar-refractivity contribution in [1.82, 2.24) is 10.2 Å². The molecule has 118 valence electrons. The molecule has 0 aliphatic rings. The Morgan fingerprint density at radius 2 is 1.81 bits per heavy atom. The van der Waals surface area contributed by atoms with Crippen LogP contribution >= 0.6 is 0 Å². The van der Waals surface area contributed by atoms with Crippen LogP contribution in [0.1, 0.15) is 27.7 Å². The molecule has 0 bridgehead atoms. The van der Waals surface area contributed by atoms with Crippen molar-refractivity contribution in [3.05, 3.63) is 30.1 Å². The van der Waals surface area contributed by atoms with Crippen LogP contribution in [0.2, 0.25) is 0 Å². The van der Waals surface area contributed by atoms with Crippen molar-refractivity contribution in [2.75, 3.05) is 26.2 Å². The van der Waals surface area contributed by atoms with Gasteiger partial charge in [0.2, 0.25) is 0 Å². The lowest BCUT2D eigenvalue weighted by molar-refractivity contribution is -0.134. The van der Waals surface area contributed by atoms with Crippen molar-refractivity contribution in [2.45, 2.75) is 33.3 Å². The Morgan fingerprint density at radius 1 is 1.24 bits per heavy atom. The predicted molar refractivity (Wildman–Crippen MR) is 81.9 cm³/mol. The van der Waals surface area contributed by atoms with E-state index in [0.29, 0.717) is 12.3 Å². The highest BCUT2D eigenvalue weighted by Crippen LogP contribution is 2.18. The number of carbonyl (C=O) groups is 1. The maximum absolute atomic E-state index is 12.8. The molecule has 0 radical (unpaired) electrons. The number of halogens is 1. The molecule has 0 heterocycles. The van der Waals surface area contributed by atoms with E-state index >= 15 is 0 Å². The van der Waals surface area contributed by atoms with Crippen LogP contribution < -0.4 is 10.1 Å². The second-order valence-electron chi connectivity index (χ2n) is 5.35. The minimum atomic E-state index is -0.999. The van der Waals surface area contributed by atoms with Crippen molar-refractivity contribution in [2.24, 2.45) is 0 Å². The first-order chi connectivity index (χ1) is 9.89. The van der Waals surface area contributed by atoms with E-state index in [4.69, 9.17) is 4.74 Å². The van der Waals surface area contributed by atoms with Gasteiger partial charge in [0.05, 0.1) is 0 Å². The molecule has 4 nitrogen and oxygen atoms in total. The van der Waals surface area contributed by atoms with Crippen molar-refractivity contribution in [3.8, 4) is 5.75 Å². The van der Waals surface area contributed by atoms with E-state index in [1.807, 2.05) is 0 Å². The molecule has 0 aliphatic carbocycles. The predicted octanol–water partition coefficient (Wildman–Crippen LogP) is 2.44. The van der Waals surface area contributed by atoms with Crippen LogP contribution in [-0.2, 0) is 4.79 Å².